The monoisotopic (exact) mass is 716 g/mol. The van der Waals surface area contributed by atoms with Gasteiger partial charge in [-0.2, -0.15) is 87.8 Å². The molecule has 4 nitrogen and oxygen atoms in total. The lowest BCUT2D eigenvalue weighted by Crippen LogP contribution is -2.71. The molecule has 0 aromatic rings. The van der Waals surface area contributed by atoms with Gasteiger partial charge >= 0.3 is 72.1 Å². The number of rotatable bonds is 15. The summed E-state index contributed by atoms with van der Waals surface area (Å²) in [5.74, 6) is -86.3. The van der Waals surface area contributed by atoms with Crippen molar-refractivity contribution in [3.63, 3.8) is 0 Å². The minimum atomic E-state index is -8.23. The molecule has 0 bridgehead atoms. The Morgan fingerprint density at radius 2 is 0.591 bits per heavy atom. The Hall–Kier alpha value is -2.74. The SMILES string of the molecule is O=C(NCCNC(=O)C(F)(F)C(F)(F)C(F)(F)C(F)(F)C(F)(F)C(F)F)C(F)(F)C(F)(F)C(F)(F)C(F)(F)C(F)(F)C(F)F. The van der Waals surface area contributed by atoms with Gasteiger partial charge in [0.15, 0.2) is 0 Å². The van der Waals surface area contributed by atoms with Gasteiger partial charge in [0.05, 0.1) is 0 Å². The van der Waals surface area contributed by atoms with Gasteiger partial charge in [0.2, 0.25) is 0 Å². The molecule has 0 aliphatic rings. The molecule has 44 heavy (non-hydrogen) atoms. The Morgan fingerprint density at radius 1 is 0.386 bits per heavy atom. The predicted octanol–water partition coefficient (Wildman–Crippen LogP) is 6.10. The van der Waals surface area contributed by atoms with Gasteiger partial charge in [-0.3, -0.25) is 9.59 Å². The van der Waals surface area contributed by atoms with Crippen molar-refractivity contribution < 1.29 is 115 Å². The van der Waals surface area contributed by atoms with Crippen LogP contribution in [0.25, 0.3) is 0 Å². The molecule has 0 aliphatic heterocycles. The van der Waals surface area contributed by atoms with E-state index in [1.807, 2.05) is 0 Å². The average Bonchev–Trinajstić information content (AvgIpc) is 2.84. The van der Waals surface area contributed by atoms with E-state index in [2.05, 4.69) is 0 Å². The number of hydrogen-bond donors (Lipinski definition) is 2. The van der Waals surface area contributed by atoms with Gasteiger partial charge in [0.25, 0.3) is 11.8 Å². The third-order valence-electron chi connectivity index (χ3n) is 5.02. The second kappa shape index (κ2) is 11.6. The van der Waals surface area contributed by atoms with Crippen molar-refractivity contribution in [3.05, 3.63) is 0 Å². The van der Waals surface area contributed by atoms with Crippen LogP contribution in [0.4, 0.5) is 105 Å². The molecule has 262 valence electrons. The van der Waals surface area contributed by atoms with E-state index in [0.29, 0.717) is 0 Å². The van der Waals surface area contributed by atoms with Crippen molar-refractivity contribution in [3.8, 4) is 0 Å². The van der Waals surface area contributed by atoms with Gasteiger partial charge in [-0.25, -0.2) is 17.6 Å². The number of amides is 2. The number of nitrogens with one attached hydrogen (secondary N) is 2. The first-order valence-corrected chi connectivity index (χ1v) is 9.85. The fraction of sp³-hybridized carbons (Fsp3) is 0.875. The van der Waals surface area contributed by atoms with Crippen LogP contribution in [0.3, 0.4) is 0 Å². The van der Waals surface area contributed by atoms with E-state index in [0.717, 1.165) is 0 Å². The molecule has 2 N–H and O–H groups in total. The summed E-state index contributed by atoms with van der Waals surface area (Å²) in [4.78, 5) is 22.2. The van der Waals surface area contributed by atoms with E-state index in [1.54, 1.807) is 0 Å². The third-order valence-corrected chi connectivity index (χ3v) is 5.02. The minimum Gasteiger partial charge on any atom is -0.349 e. The lowest BCUT2D eigenvalue weighted by atomic mass is 9.94. The summed E-state index contributed by atoms with van der Waals surface area (Å²) in [6.07, 6.45) is -11.8. The molecule has 2 amide bonds. The summed E-state index contributed by atoms with van der Waals surface area (Å²) >= 11 is 0. The zero-order valence-electron chi connectivity index (χ0n) is 19.5. The topological polar surface area (TPSA) is 58.2 Å². The summed E-state index contributed by atoms with van der Waals surface area (Å²) in [5, 5.41) is 0.332. The van der Waals surface area contributed by atoms with Crippen LogP contribution in [0.1, 0.15) is 0 Å². The maximum Gasteiger partial charge on any atom is 0.392 e. The molecular weight excluding hydrogens is 708 g/mol. The molecule has 0 radical (unpaired) electrons. The Morgan fingerprint density at radius 3 is 0.773 bits per heavy atom. The zero-order chi connectivity index (χ0) is 36.1. The molecule has 28 heteroatoms. The quantitative estimate of drug-likeness (QED) is 0.159. The van der Waals surface area contributed by atoms with E-state index >= 15 is 0 Å². The van der Waals surface area contributed by atoms with Gasteiger partial charge in [0.1, 0.15) is 0 Å². The molecule has 0 rings (SSSR count). The summed E-state index contributed by atoms with van der Waals surface area (Å²) in [5.41, 5.74) is 0. The fourth-order valence-corrected chi connectivity index (χ4v) is 2.34. The maximum absolute atomic E-state index is 13.6. The standard InChI is InChI=1S/C16H8F24N2O2/c17-3(18)7(21,22)11(29,30)15(37,38)13(33,34)9(25,26)5(43)41-1-2-42-6(44)10(27,28)14(35,36)16(39,40)12(31,32)8(23,24)4(19)20/h3-4H,1-2H2,(H,41,43)(H,42,44). The van der Waals surface area contributed by atoms with Crippen LogP contribution in [0.2, 0.25) is 0 Å². The number of halogens is 24. The summed E-state index contributed by atoms with van der Waals surface area (Å²) < 4.78 is 313. The average molecular weight is 716 g/mol. The minimum absolute atomic E-state index is 0.166. The summed E-state index contributed by atoms with van der Waals surface area (Å²) in [6, 6.07) is 0. The smallest absolute Gasteiger partial charge is 0.349 e. The Balaban J connectivity index is 5.88. The first-order valence-electron chi connectivity index (χ1n) is 9.85. The Labute approximate surface area is 224 Å². The molecule has 0 aliphatic carbocycles. The van der Waals surface area contributed by atoms with Crippen LogP contribution in [0, 0.1) is 0 Å². The molecule has 0 aromatic heterocycles. The van der Waals surface area contributed by atoms with Crippen molar-refractivity contribution in [2.24, 2.45) is 0 Å². The molecule has 0 unspecified atom stereocenters. The van der Waals surface area contributed by atoms with Crippen LogP contribution >= 0.6 is 0 Å². The molecule has 0 saturated heterocycles. The highest BCUT2D eigenvalue weighted by Crippen LogP contribution is 2.59. The number of alkyl halides is 24. The van der Waals surface area contributed by atoms with E-state index in [-0.39, 0.29) is 10.6 Å². The van der Waals surface area contributed by atoms with E-state index in [1.165, 1.54) is 0 Å². The van der Waals surface area contributed by atoms with E-state index < -0.39 is 97.0 Å². The predicted molar refractivity (Wildman–Crippen MR) is 87.5 cm³/mol. The van der Waals surface area contributed by atoms with E-state index in [9.17, 15) is 115 Å². The first-order chi connectivity index (χ1) is 18.9. The van der Waals surface area contributed by atoms with Crippen LogP contribution in [0.15, 0.2) is 0 Å². The second-order valence-electron chi connectivity index (χ2n) is 7.95. The highest BCUT2D eigenvalue weighted by Gasteiger charge is 2.90. The largest absolute Gasteiger partial charge is 0.392 e. The number of carbonyl (C=O) groups excluding carboxylic acids is 2. The van der Waals surface area contributed by atoms with Crippen LogP contribution in [-0.2, 0) is 9.59 Å². The van der Waals surface area contributed by atoms with Gasteiger partial charge in [-0.05, 0) is 0 Å². The molecule has 0 aromatic carbocycles. The zero-order valence-corrected chi connectivity index (χ0v) is 19.5. The van der Waals surface area contributed by atoms with Gasteiger partial charge in [-0.15, -0.1) is 0 Å². The van der Waals surface area contributed by atoms with Crippen LogP contribution in [-0.4, -0.2) is 97.0 Å². The highest BCUT2D eigenvalue weighted by molar-refractivity contribution is 5.86. The summed E-state index contributed by atoms with van der Waals surface area (Å²) in [6.45, 7) is -4.49. The van der Waals surface area contributed by atoms with Crippen molar-refractivity contribution in [1.29, 1.82) is 0 Å². The number of hydrogen-bond acceptors (Lipinski definition) is 2. The third kappa shape index (κ3) is 5.72. The van der Waals surface area contributed by atoms with Gasteiger partial charge in [0, 0.05) is 13.1 Å². The Kier molecular flexibility index (Phi) is 10.8. The van der Waals surface area contributed by atoms with Gasteiger partial charge in [-0.1, -0.05) is 0 Å². The van der Waals surface area contributed by atoms with Crippen molar-refractivity contribution in [1.82, 2.24) is 10.6 Å². The Bertz CT molecular complexity index is 971. The van der Waals surface area contributed by atoms with Crippen LogP contribution in [0.5, 0.6) is 0 Å². The molecule has 0 heterocycles. The summed E-state index contributed by atoms with van der Waals surface area (Å²) in [7, 11) is 0. The van der Waals surface area contributed by atoms with Crippen LogP contribution < -0.4 is 10.6 Å². The molecule has 0 atom stereocenters. The molecule has 0 spiro atoms. The first kappa shape index (κ1) is 41.3. The number of carbonyl (C=O) groups is 2. The van der Waals surface area contributed by atoms with Crippen molar-refractivity contribution >= 4 is 11.8 Å². The highest BCUT2D eigenvalue weighted by atomic mass is 19.4. The van der Waals surface area contributed by atoms with Gasteiger partial charge < -0.3 is 10.6 Å². The normalized spacial score (nSPS) is 15.6. The fourth-order valence-electron chi connectivity index (χ4n) is 2.34. The van der Waals surface area contributed by atoms with E-state index in [4.69, 9.17) is 0 Å². The second-order valence-corrected chi connectivity index (χ2v) is 7.95. The molecule has 0 fully saturated rings. The lowest BCUT2D eigenvalue weighted by molar-refractivity contribution is -0.407. The maximum atomic E-state index is 13.6. The molecular formula is C16H8F24N2O2. The van der Waals surface area contributed by atoms with Crippen molar-refractivity contribution in [2.75, 3.05) is 13.1 Å². The van der Waals surface area contributed by atoms with Crippen molar-refractivity contribution in [2.45, 2.75) is 72.1 Å². The lowest BCUT2D eigenvalue weighted by Gasteiger charge is -2.38. The molecule has 0 saturated carbocycles.